The van der Waals surface area contributed by atoms with Crippen LogP contribution in [0.1, 0.15) is 5.56 Å². The molecule has 1 N–H and O–H groups in total. The largest absolute Gasteiger partial charge is 0.378 e. The maximum atomic E-state index is 12.8. The molecule has 0 amide bonds. The van der Waals surface area contributed by atoms with Gasteiger partial charge in [0.1, 0.15) is 5.82 Å². The van der Waals surface area contributed by atoms with E-state index in [-0.39, 0.29) is 5.03 Å². The molecule has 0 bridgehead atoms. The number of nitrogens with zero attached hydrogens (tertiary/aromatic N) is 3. The van der Waals surface area contributed by atoms with Gasteiger partial charge in [-0.05, 0) is 36.8 Å². The first-order valence-corrected chi connectivity index (χ1v) is 10.2. The molecule has 2 aromatic heterocycles. The molecule has 0 atom stereocenters. The molecule has 0 aliphatic carbocycles. The Morgan fingerprint density at radius 1 is 1.07 bits per heavy atom. The summed E-state index contributed by atoms with van der Waals surface area (Å²) in [6.07, 6.45) is 1.47. The summed E-state index contributed by atoms with van der Waals surface area (Å²) in [6, 6.07) is 12.8. The molecule has 1 fully saturated rings. The van der Waals surface area contributed by atoms with E-state index in [2.05, 4.69) is 14.6 Å². The standard InChI is InChI=1S/C19H20N4O3S/c1-14-4-3-9-20-19(14)27(24,25)22-16-6-2-5-15-7-8-17(21-18(15)16)23-10-12-26-13-11-23/h2-9,22H,10-13H2,1H3. The summed E-state index contributed by atoms with van der Waals surface area (Å²) in [5, 5.41) is 0.885. The lowest BCUT2D eigenvalue weighted by molar-refractivity contribution is 0.122. The molecule has 0 spiro atoms. The number of sulfonamides is 1. The average Bonchev–Trinajstić information content (AvgIpc) is 2.68. The van der Waals surface area contributed by atoms with Crippen molar-refractivity contribution in [2.75, 3.05) is 35.9 Å². The molecule has 3 aromatic rings. The highest BCUT2D eigenvalue weighted by atomic mass is 32.2. The number of para-hydroxylation sites is 1. The van der Waals surface area contributed by atoms with Crippen molar-refractivity contribution in [3.63, 3.8) is 0 Å². The number of aryl methyl sites for hydroxylation is 1. The zero-order valence-electron chi connectivity index (χ0n) is 14.9. The first-order chi connectivity index (χ1) is 13.0. The van der Waals surface area contributed by atoms with Crippen LogP contribution in [0.25, 0.3) is 10.9 Å². The van der Waals surface area contributed by atoms with Crippen molar-refractivity contribution in [1.82, 2.24) is 9.97 Å². The van der Waals surface area contributed by atoms with E-state index in [1.54, 1.807) is 25.1 Å². The van der Waals surface area contributed by atoms with Crippen molar-refractivity contribution in [1.29, 1.82) is 0 Å². The highest BCUT2D eigenvalue weighted by molar-refractivity contribution is 7.92. The van der Waals surface area contributed by atoms with Crippen LogP contribution in [0.2, 0.25) is 0 Å². The molecule has 3 heterocycles. The van der Waals surface area contributed by atoms with Gasteiger partial charge in [-0.3, -0.25) is 4.72 Å². The second-order valence-corrected chi connectivity index (χ2v) is 7.97. The average molecular weight is 384 g/mol. The predicted octanol–water partition coefficient (Wildman–Crippen LogP) is 2.58. The molecule has 140 valence electrons. The zero-order chi connectivity index (χ0) is 18.9. The van der Waals surface area contributed by atoms with E-state index in [4.69, 9.17) is 9.72 Å². The Morgan fingerprint density at radius 3 is 2.67 bits per heavy atom. The first-order valence-electron chi connectivity index (χ1n) is 8.71. The van der Waals surface area contributed by atoms with Crippen molar-refractivity contribution in [2.24, 2.45) is 0 Å². The third-order valence-corrected chi connectivity index (χ3v) is 5.93. The number of rotatable bonds is 4. The Hall–Kier alpha value is -2.71. The van der Waals surface area contributed by atoms with E-state index in [1.165, 1.54) is 6.20 Å². The Morgan fingerprint density at radius 2 is 1.89 bits per heavy atom. The third-order valence-electron chi connectivity index (χ3n) is 4.50. The highest BCUT2D eigenvalue weighted by Gasteiger charge is 2.20. The van der Waals surface area contributed by atoms with E-state index < -0.39 is 10.0 Å². The fourth-order valence-corrected chi connectivity index (χ4v) is 4.38. The van der Waals surface area contributed by atoms with Gasteiger partial charge in [0, 0.05) is 24.7 Å². The molecule has 0 unspecified atom stereocenters. The van der Waals surface area contributed by atoms with Gasteiger partial charge in [0.15, 0.2) is 5.03 Å². The Labute approximate surface area is 158 Å². The molecule has 0 radical (unpaired) electrons. The summed E-state index contributed by atoms with van der Waals surface area (Å²) in [5.74, 6) is 0.812. The number of aromatic nitrogens is 2. The van der Waals surface area contributed by atoms with E-state index in [0.717, 1.165) is 24.3 Å². The number of hydrogen-bond acceptors (Lipinski definition) is 6. The number of nitrogens with one attached hydrogen (secondary N) is 1. The van der Waals surface area contributed by atoms with Crippen LogP contribution in [0, 0.1) is 6.92 Å². The van der Waals surface area contributed by atoms with Crippen LogP contribution >= 0.6 is 0 Å². The van der Waals surface area contributed by atoms with Crippen LogP contribution in [-0.4, -0.2) is 44.7 Å². The smallest absolute Gasteiger partial charge is 0.279 e. The topological polar surface area (TPSA) is 84.4 Å². The summed E-state index contributed by atoms with van der Waals surface area (Å²) < 4.78 is 33.7. The van der Waals surface area contributed by atoms with Crippen LogP contribution in [0.5, 0.6) is 0 Å². The van der Waals surface area contributed by atoms with Gasteiger partial charge in [0.25, 0.3) is 10.0 Å². The normalized spacial score (nSPS) is 15.1. The van der Waals surface area contributed by atoms with Gasteiger partial charge in [0.05, 0.1) is 24.4 Å². The van der Waals surface area contributed by atoms with Gasteiger partial charge in [-0.1, -0.05) is 18.2 Å². The fraction of sp³-hybridized carbons (Fsp3) is 0.263. The Kier molecular flexibility index (Phi) is 4.67. The van der Waals surface area contributed by atoms with E-state index in [1.807, 2.05) is 24.3 Å². The monoisotopic (exact) mass is 384 g/mol. The number of morpholine rings is 1. The third kappa shape index (κ3) is 3.58. The number of anilines is 2. The second kappa shape index (κ2) is 7.13. The molecule has 1 aromatic carbocycles. The lowest BCUT2D eigenvalue weighted by atomic mass is 10.2. The highest BCUT2D eigenvalue weighted by Crippen LogP contribution is 2.27. The summed E-state index contributed by atoms with van der Waals surface area (Å²) in [4.78, 5) is 10.9. The van der Waals surface area contributed by atoms with Crippen LogP contribution in [0.4, 0.5) is 11.5 Å². The van der Waals surface area contributed by atoms with E-state index >= 15 is 0 Å². The lowest BCUT2D eigenvalue weighted by Gasteiger charge is -2.28. The molecule has 27 heavy (non-hydrogen) atoms. The number of ether oxygens (including phenoxy) is 1. The summed E-state index contributed by atoms with van der Waals surface area (Å²) >= 11 is 0. The van der Waals surface area contributed by atoms with Crippen molar-refractivity contribution in [3.05, 3.63) is 54.2 Å². The van der Waals surface area contributed by atoms with Gasteiger partial charge in [0.2, 0.25) is 0 Å². The van der Waals surface area contributed by atoms with E-state index in [0.29, 0.717) is 30.0 Å². The lowest BCUT2D eigenvalue weighted by Crippen LogP contribution is -2.36. The molecule has 7 nitrogen and oxygen atoms in total. The maximum Gasteiger partial charge on any atom is 0.279 e. The Bertz CT molecular complexity index is 1080. The minimum Gasteiger partial charge on any atom is -0.378 e. The van der Waals surface area contributed by atoms with Crippen LogP contribution in [0.3, 0.4) is 0 Å². The molecule has 0 saturated carbocycles. The minimum atomic E-state index is -3.81. The van der Waals surface area contributed by atoms with Crippen LogP contribution in [0.15, 0.2) is 53.7 Å². The molecule has 1 aliphatic heterocycles. The van der Waals surface area contributed by atoms with Crippen molar-refractivity contribution < 1.29 is 13.2 Å². The molecule has 1 saturated heterocycles. The van der Waals surface area contributed by atoms with Crippen molar-refractivity contribution in [3.8, 4) is 0 Å². The van der Waals surface area contributed by atoms with Gasteiger partial charge in [-0.2, -0.15) is 8.42 Å². The SMILES string of the molecule is Cc1cccnc1S(=O)(=O)Nc1cccc2ccc(N3CCOCC3)nc12. The molecule has 8 heteroatoms. The van der Waals surface area contributed by atoms with E-state index in [9.17, 15) is 8.42 Å². The maximum absolute atomic E-state index is 12.8. The van der Waals surface area contributed by atoms with Gasteiger partial charge in [-0.25, -0.2) is 9.97 Å². The predicted molar refractivity (Wildman–Crippen MR) is 105 cm³/mol. The number of benzene rings is 1. The fourth-order valence-electron chi connectivity index (χ4n) is 3.13. The Balaban J connectivity index is 1.74. The van der Waals surface area contributed by atoms with Gasteiger partial charge in [-0.15, -0.1) is 0 Å². The molecule has 4 rings (SSSR count). The zero-order valence-corrected chi connectivity index (χ0v) is 15.7. The molecule has 1 aliphatic rings. The van der Waals surface area contributed by atoms with Crippen molar-refractivity contribution in [2.45, 2.75) is 11.9 Å². The summed E-state index contributed by atoms with van der Waals surface area (Å²) in [5.41, 5.74) is 1.64. The molecular formula is C19H20N4O3S. The minimum absolute atomic E-state index is 0.0198. The van der Waals surface area contributed by atoms with Gasteiger partial charge < -0.3 is 9.64 Å². The number of hydrogen-bond donors (Lipinski definition) is 1. The summed E-state index contributed by atoms with van der Waals surface area (Å²) in [6.45, 7) is 4.57. The number of pyridine rings is 2. The molecular weight excluding hydrogens is 364 g/mol. The second-order valence-electron chi connectivity index (χ2n) is 6.38. The first kappa shape index (κ1) is 17.7. The summed E-state index contributed by atoms with van der Waals surface area (Å²) in [7, 11) is -3.81. The van der Waals surface area contributed by atoms with Crippen LogP contribution in [-0.2, 0) is 14.8 Å². The number of fused-ring (bicyclic) bond motifs is 1. The van der Waals surface area contributed by atoms with Crippen LogP contribution < -0.4 is 9.62 Å². The quantitative estimate of drug-likeness (QED) is 0.744. The van der Waals surface area contributed by atoms with Gasteiger partial charge >= 0.3 is 0 Å². The van der Waals surface area contributed by atoms with Crippen molar-refractivity contribution >= 4 is 32.4 Å².